The summed E-state index contributed by atoms with van der Waals surface area (Å²) in [5.74, 6) is -0.847. The normalized spacial score (nSPS) is 10.7. The second kappa shape index (κ2) is 8.01. The number of halogens is 1. The van der Waals surface area contributed by atoms with Gasteiger partial charge in [-0.15, -0.1) is 5.10 Å². The maximum atomic E-state index is 12.3. The molecule has 27 heavy (non-hydrogen) atoms. The Morgan fingerprint density at radius 1 is 1.07 bits per heavy atom. The number of amides is 1. The Bertz CT molecular complexity index is 950. The van der Waals surface area contributed by atoms with Gasteiger partial charge in [-0.2, -0.15) is 0 Å². The van der Waals surface area contributed by atoms with Gasteiger partial charge in [0.05, 0.1) is 17.4 Å². The van der Waals surface area contributed by atoms with Crippen molar-refractivity contribution in [3.05, 3.63) is 71.3 Å². The molecule has 2 aromatic carbocycles. The first-order valence-electron chi connectivity index (χ1n) is 8.22. The van der Waals surface area contributed by atoms with Crippen LogP contribution < -0.4 is 5.32 Å². The smallest absolute Gasteiger partial charge is 0.338 e. The summed E-state index contributed by atoms with van der Waals surface area (Å²) in [5, 5.41) is 7.46. The van der Waals surface area contributed by atoms with Crippen LogP contribution in [0.2, 0.25) is 5.02 Å². The van der Waals surface area contributed by atoms with Gasteiger partial charge in [0.2, 0.25) is 5.82 Å². The summed E-state index contributed by atoms with van der Waals surface area (Å²) in [5.41, 5.74) is 1.66. The molecule has 0 aliphatic rings. The number of ether oxygens (including phenoxy) is 1. The highest BCUT2D eigenvalue weighted by Gasteiger charge is 2.14. The molecule has 0 saturated heterocycles. The number of hydrogen-bond acceptors (Lipinski definition) is 5. The van der Waals surface area contributed by atoms with Crippen LogP contribution in [0, 0.1) is 0 Å². The van der Waals surface area contributed by atoms with Gasteiger partial charge in [0.15, 0.2) is 0 Å². The zero-order chi connectivity index (χ0) is 19.4. The number of esters is 1. The van der Waals surface area contributed by atoms with Crippen molar-refractivity contribution in [2.45, 2.75) is 20.0 Å². The standard InChI is InChI=1S/C19H17ClN4O3/c1-12(2)27-19(26)13-3-7-15(8-4-13)22-18(25)17-21-11-24(23-17)16-9-5-14(20)6-10-16/h3-12H,1-2H3,(H,22,25). The lowest BCUT2D eigenvalue weighted by Crippen LogP contribution is -2.15. The van der Waals surface area contributed by atoms with Gasteiger partial charge < -0.3 is 10.1 Å². The summed E-state index contributed by atoms with van der Waals surface area (Å²) >= 11 is 5.86. The maximum absolute atomic E-state index is 12.3. The van der Waals surface area contributed by atoms with Crippen LogP contribution in [0.1, 0.15) is 34.8 Å². The van der Waals surface area contributed by atoms with E-state index < -0.39 is 11.9 Å². The van der Waals surface area contributed by atoms with Gasteiger partial charge in [-0.3, -0.25) is 4.79 Å². The number of nitrogens with zero attached hydrogens (tertiary/aromatic N) is 3. The zero-order valence-corrected chi connectivity index (χ0v) is 15.5. The fraction of sp³-hybridized carbons (Fsp3) is 0.158. The lowest BCUT2D eigenvalue weighted by Gasteiger charge is -2.08. The SMILES string of the molecule is CC(C)OC(=O)c1ccc(NC(=O)c2ncn(-c3ccc(Cl)cc3)n2)cc1. The van der Waals surface area contributed by atoms with Crippen LogP contribution in [0.5, 0.6) is 0 Å². The second-order valence-corrected chi connectivity index (χ2v) is 6.41. The molecule has 3 rings (SSSR count). The van der Waals surface area contributed by atoms with E-state index in [9.17, 15) is 9.59 Å². The van der Waals surface area contributed by atoms with Crippen molar-refractivity contribution in [1.82, 2.24) is 14.8 Å². The third-order valence-corrected chi connectivity index (χ3v) is 3.76. The molecule has 1 N–H and O–H groups in total. The fourth-order valence-electron chi connectivity index (χ4n) is 2.24. The lowest BCUT2D eigenvalue weighted by atomic mass is 10.2. The van der Waals surface area contributed by atoms with Gasteiger partial charge in [-0.1, -0.05) is 11.6 Å². The minimum atomic E-state index is -0.458. The summed E-state index contributed by atoms with van der Waals surface area (Å²) in [7, 11) is 0. The summed E-state index contributed by atoms with van der Waals surface area (Å²) < 4.78 is 6.60. The van der Waals surface area contributed by atoms with Crippen LogP contribution >= 0.6 is 11.6 Å². The molecule has 3 aromatic rings. The van der Waals surface area contributed by atoms with Gasteiger partial charge in [0.25, 0.3) is 5.91 Å². The Morgan fingerprint density at radius 2 is 1.74 bits per heavy atom. The van der Waals surface area contributed by atoms with Crippen molar-refractivity contribution in [2.24, 2.45) is 0 Å². The van der Waals surface area contributed by atoms with Crippen LogP contribution in [0.15, 0.2) is 54.9 Å². The van der Waals surface area contributed by atoms with E-state index in [1.807, 2.05) is 0 Å². The van der Waals surface area contributed by atoms with Crippen molar-refractivity contribution >= 4 is 29.2 Å². The molecule has 1 heterocycles. The van der Waals surface area contributed by atoms with Crippen LogP contribution in [0.25, 0.3) is 5.69 Å². The number of benzene rings is 2. The van der Waals surface area contributed by atoms with E-state index in [0.29, 0.717) is 16.3 Å². The topological polar surface area (TPSA) is 86.1 Å². The van der Waals surface area contributed by atoms with Crippen molar-refractivity contribution in [2.75, 3.05) is 5.32 Å². The Kier molecular flexibility index (Phi) is 5.52. The molecule has 0 aliphatic heterocycles. The van der Waals surface area contributed by atoms with Crippen LogP contribution in [0.4, 0.5) is 5.69 Å². The van der Waals surface area contributed by atoms with Gasteiger partial charge >= 0.3 is 5.97 Å². The summed E-state index contributed by atoms with van der Waals surface area (Å²) in [4.78, 5) is 28.2. The van der Waals surface area contributed by atoms with E-state index in [1.54, 1.807) is 62.4 Å². The molecule has 7 nitrogen and oxygen atoms in total. The summed E-state index contributed by atoms with van der Waals surface area (Å²) in [6.07, 6.45) is 1.25. The van der Waals surface area contributed by atoms with Crippen LogP contribution in [0.3, 0.4) is 0 Å². The number of aromatic nitrogens is 3. The van der Waals surface area contributed by atoms with E-state index in [2.05, 4.69) is 15.4 Å². The fourth-order valence-corrected chi connectivity index (χ4v) is 2.37. The van der Waals surface area contributed by atoms with Gasteiger partial charge in [-0.05, 0) is 62.4 Å². The largest absolute Gasteiger partial charge is 0.459 e. The van der Waals surface area contributed by atoms with E-state index in [0.717, 1.165) is 5.69 Å². The van der Waals surface area contributed by atoms with Gasteiger partial charge in [0.1, 0.15) is 6.33 Å². The molecule has 0 atom stereocenters. The van der Waals surface area contributed by atoms with Crippen molar-refractivity contribution < 1.29 is 14.3 Å². The number of nitrogens with one attached hydrogen (secondary N) is 1. The molecule has 0 spiro atoms. The minimum absolute atomic E-state index is 0.0215. The summed E-state index contributed by atoms with van der Waals surface area (Å²) in [6, 6.07) is 13.4. The Hall–Kier alpha value is -3.19. The maximum Gasteiger partial charge on any atom is 0.338 e. The predicted molar refractivity (Wildman–Crippen MR) is 101 cm³/mol. The number of rotatable bonds is 5. The molecule has 0 fully saturated rings. The first-order valence-corrected chi connectivity index (χ1v) is 8.60. The molecule has 0 saturated carbocycles. The molecule has 0 radical (unpaired) electrons. The van der Waals surface area contributed by atoms with Gasteiger partial charge in [0, 0.05) is 10.7 Å². The molecular weight excluding hydrogens is 368 g/mol. The highest BCUT2D eigenvalue weighted by molar-refractivity contribution is 6.30. The Balaban J connectivity index is 1.67. The van der Waals surface area contributed by atoms with Gasteiger partial charge in [-0.25, -0.2) is 14.5 Å². The highest BCUT2D eigenvalue weighted by atomic mass is 35.5. The quantitative estimate of drug-likeness (QED) is 0.677. The first-order chi connectivity index (χ1) is 12.9. The number of carbonyl (C=O) groups excluding carboxylic acids is 2. The lowest BCUT2D eigenvalue weighted by molar-refractivity contribution is 0.0378. The molecule has 1 aromatic heterocycles. The third-order valence-electron chi connectivity index (χ3n) is 3.51. The minimum Gasteiger partial charge on any atom is -0.459 e. The van der Waals surface area contributed by atoms with Crippen molar-refractivity contribution in [3.8, 4) is 5.69 Å². The third kappa shape index (κ3) is 4.71. The predicted octanol–water partition coefficient (Wildman–Crippen LogP) is 3.74. The van der Waals surface area contributed by atoms with Crippen LogP contribution in [-0.2, 0) is 4.74 Å². The first kappa shape index (κ1) is 18.6. The Morgan fingerprint density at radius 3 is 2.37 bits per heavy atom. The van der Waals surface area contributed by atoms with Crippen molar-refractivity contribution in [1.29, 1.82) is 0 Å². The molecule has 0 unspecified atom stereocenters. The molecule has 1 amide bonds. The molecule has 8 heteroatoms. The van der Waals surface area contributed by atoms with E-state index in [4.69, 9.17) is 16.3 Å². The Labute approximate surface area is 160 Å². The molecular formula is C19H17ClN4O3. The van der Waals surface area contributed by atoms with Crippen molar-refractivity contribution in [3.63, 3.8) is 0 Å². The molecule has 0 aliphatic carbocycles. The monoisotopic (exact) mass is 384 g/mol. The average molecular weight is 385 g/mol. The number of anilines is 1. The zero-order valence-electron chi connectivity index (χ0n) is 14.7. The number of carbonyl (C=O) groups is 2. The van der Waals surface area contributed by atoms with E-state index >= 15 is 0 Å². The summed E-state index contributed by atoms with van der Waals surface area (Å²) in [6.45, 7) is 3.56. The van der Waals surface area contributed by atoms with Crippen LogP contribution in [-0.4, -0.2) is 32.7 Å². The molecule has 138 valence electrons. The second-order valence-electron chi connectivity index (χ2n) is 5.97. The average Bonchev–Trinajstić information content (AvgIpc) is 3.12. The number of hydrogen-bond donors (Lipinski definition) is 1. The van der Waals surface area contributed by atoms with E-state index in [-0.39, 0.29) is 11.9 Å². The molecule has 0 bridgehead atoms. The van der Waals surface area contributed by atoms with E-state index in [1.165, 1.54) is 11.0 Å². The highest BCUT2D eigenvalue weighted by Crippen LogP contribution is 2.14.